The van der Waals surface area contributed by atoms with Gasteiger partial charge in [-0.2, -0.15) is 0 Å². The van der Waals surface area contributed by atoms with E-state index < -0.39 is 17.8 Å². The Bertz CT molecular complexity index is 415. The quantitative estimate of drug-likeness (QED) is 0.747. The minimum absolute atomic E-state index is 0.0413. The lowest BCUT2D eigenvalue weighted by atomic mass is 9.82. The van der Waals surface area contributed by atoms with Crippen LogP contribution in [0.4, 0.5) is 0 Å². The molecule has 3 rings (SSSR count). The molecule has 1 amide bonds. The second-order valence-electron chi connectivity index (χ2n) is 5.86. The molecular weight excluding hydrogens is 244 g/mol. The van der Waals surface area contributed by atoms with Gasteiger partial charge in [0.1, 0.15) is 0 Å². The number of allylic oxidation sites excluding steroid dienone is 2. The van der Waals surface area contributed by atoms with Crippen molar-refractivity contribution in [1.29, 1.82) is 0 Å². The Kier molecular flexibility index (Phi) is 3.31. The number of fused-ring (bicyclic) bond motifs is 2. The lowest BCUT2D eigenvalue weighted by Crippen LogP contribution is -2.50. The van der Waals surface area contributed by atoms with Crippen molar-refractivity contribution < 1.29 is 14.7 Å². The maximum absolute atomic E-state index is 12.4. The maximum Gasteiger partial charge on any atom is 0.307 e. The van der Waals surface area contributed by atoms with Crippen LogP contribution < -0.4 is 5.43 Å². The number of carboxylic acid groups (broad SMARTS) is 1. The van der Waals surface area contributed by atoms with Gasteiger partial charge in [0.15, 0.2) is 0 Å². The molecule has 4 unspecified atom stereocenters. The summed E-state index contributed by atoms with van der Waals surface area (Å²) in [5.74, 6) is -1.73. The van der Waals surface area contributed by atoms with Crippen molar-refractivity contribution in [3.63, 3.8) is 0 Å². The molecule has 2 bridgehead atoms. The van der Waals surface area contributed by atoms with E-state index in [0.717, 1.165) is 32.4 Å². The summed E-state index contributed by atoms with van der Waals surface area (Å²) in [4.78, 5) is 23.7. The first kappa shape index (κ1) is 12.7. The maximum atomic E-state index is 12.4. The molecule has 5 nitrogen and oxygen atoms in total. The lowest BCUT2D eigenvalue weighted by molar-refractivity contribution is -0.149. The average Bonchev–Trinajstić information content (AvgIpc) is 2.99. The van der Waals surface area contributed by atoms with Gasteiger partial charge >= 0.3 is 5.97 Å². The van der Waals surface area contributed by atoms with Crippen molar-refractivity contribution in [2.75, 3.05) is 13.1 Å². The molecule has 0 aromatic carbocycles. The molecule has 1 heterocycles. The van der Waals surface area contributed by atoms with Gasteiger partial charge in [-0.15, -0.1) is 0 Å². The Morgan fingerprint density at radius 3 is 2.32 bits per heavy atom. The number of carboxylic acids is 1. The van der Waals surface area contributed by atoms with Crippen LogP contribution in [0.1, 0.15) is 25.7 Å². The van der Waals surface area contributed by atoms with Gasteiger partial charge in [0, 0.05) is 13.1 Å². The first-order valence-corrected chi connectivity index (χ1v) is 7.13. The number of nitrogens with one attached hydrogen (secondary N) is 1. The summed E-state index contributed by atoms with van der Waals surface area (Å²) in [7, 11) is 0. The van der Waals surface area contributed by atoms with Crippen LogP contribution in [0, 0.1) is 23.7 Å². The van der Waals surface area contributed by atoms with Crippen molar-refractivity contribution in [3.8, 4) is 0 Å². The number of rotatable bonds is 3. The zero-order chi connectivity index (χ0) is 13.4. The Balaban J connectivity index is 1.68. The highest BCUT2D eigenvalue weighted by atomic mass is 16.4. The van der Waals surface area contributed by atoms with Crippen LogP contribution in [0.5, 0.6) is 0 Å². The fourth-order valence-corrected chi connectivity index (χ4v) is 3.75. The van der Waals surface area contributed by atoms with Crippen molar-refractivity contribution in [2.24, 2.45) is 23.7 Å². The van der Waals surface area contributed by atoms with E-state index in [1.165, 1.54) is 6.42 Å². The van der Waals surface area contributed by atoms with Crippen molar-refractivity contribution in [2.45, 2.75) is 25.7 Å². The van der Waals surface area contributed by atoms with E-state index in [0.29, 0.717) is 0 Å². The summed E-state index contributed by atoms with van der Waals surface area (Å²) < 4.78 is 0. The molecule has 2 N–H and O–H groups in total. The molecule has 3 aliphatic rings. The molecule has 19 heavy (non-hydrogen) atoms. The zero-order valence-electron chi connectivity index (χ0n) is 10.9. The highest BCUT2D eigenvalue weighted by Gasteiger charge is 2.51. The van der Waals surface area contributed by atoms with E-state index in [1.807, 2.05) is 17.2 Å². The van der Waals surface area contributed by atoms with Gasteiger partial charge in [-0.1, -0.05) is 18.6 Å². The molecule has 5 heteroatoms. The van der Waals surface area contributed by atoms with Crippen LogP contribution in [-0.4, -0.2) is 35.1 Å². The van der Waals surface area contributed by atoms with Gasteiger partial charge in [-0.05, 0) is 31.1 Å². The van der Waals surface area contributed by atoms with Crippen molar-refractivity contribution in [1.82, 2.24) is 10.4 Å². The van der Waals surface area contributed by atoms with Crippen molar-refractivity contribution >= 4 is 11.9 Å². The minimum Gasteiger partial charge on any atom is -0.481 e. The Labute approximate surface area is 112 Å². The fourth-order valence-electron chi connectivity index (χ4n) is 3.75. The van der Waals surface area contributed by atoms with Crippen LogP contribution in [0.3, 0.4) is 0 Å². The smallest absolute Gasteiger partial charge is 0.307 e. The Hall–Kier alpha value is -1.36. The van der Waals surface area contributed by atoms with Crippen molar-refractivity contribution in [3.05, 3.63) is 12.2 Å². The molecule has 1 aliphatic heterocycles. The van der Waals surface area contributed by atoms with E-state index in [9.17, 15) is 14.7 Å². The number of nitrogens with zero attached hydrogens (tertiary/aromatic N) is 1. The van der Waals surface area contributed by atoms with Gasteiger partial charge < -0.3 is 5.11 Å². The van der Waals surface area contributed by atoms with Gasteiger partial charge in [-0.25, -0.2) is 5.01 Å². The summed E-state index contributed by atoms with van der Waals surface area (Å²) in [6.07, 6.45) is 8.20. The largest absolute Gasteiger partial charge is 0.481 e. The number of aliphatic carboxylic acids is 1. The standard InChI is InChI=1S/C14H20N2O3/c17-13(15-16-6-2-1-3-7-16)11-9-4-5-10(8-9)12(11)14(18)19/h4-5,9-12H,1-3,6-8H2,(H,15,17)(H,18,19). The Morgan fingerprint density at radius 2 is 1.68 bits per heavy atom. The van der Waals surface area contributed by atoms with Gasteiger partial charge in [0.05, 0.1) is 11.8 Å². The van der Waals surface area contributed by atoms with E-state index in [-0.39, 0.29) is 17.7 Å². The van der Waals surface area contributed by atoms with E-state index in [1.54, 1.807) is 0 Å². The van der Waals surface area contributed by atoms with Crippen LogP contribution in [0.2, 0.25) is 0 Å². The average molecular weight is 264 g/mol. The second kappa shape index (κ2) is 4.96. The third-order valence-electron chi connectivity index (χ3n) is 4.67. The monoisotopic (exact) mass is 264 g/mol. The first-order valence-electron chi connectivity index (χ1n) is 7.13. The topological polar surface area (TPSA) is 69.6 Å². The highest BCUT2D eigenvalue weighted by Crippen LogP contribution is 2.48. The summed E-state index contributed by atoms with van der Waals surface area (Å²) in [5.41, 5.74) is 2.93. The van der Waals surface area contributed by atoms with E-state index in [2.05, 4.69) is 5.43 Å². The molecule has 1 saturated heterocycles. The van der Waals surface area contributed by atoms with Crippen LogP contribution in [0.25, 0.3) is 0 Å². The molecular formula is C14H20N2O3. The third-order valence-corrected chi connectivity index (χ3v) is 4.67. The van der Waals surface area contributed by atoms with Gasteiger partial charge in [-0.3, -0.25) is 15.0 Å². The first-order chi connectivity index (χ1) is 9.16. The molecule has 2 fully saturated rings. The number of hydrazine groups is 1. The number of carbonyl (C=O) groups excluding carboxylic acids is 1. The third kappa shape index (κ3) is 2.27. The van der Waals surface area contributed by atoms with Crippen LogP contribution in [0.15, 0.2) is 12.2 Å². The predicted molar refractivity (Wildman–Crippen MR) is 68.9 cm³/mol. The molecule has 0 spiro atoms. The molecule has 0 aromatic heterocycles. The number of carbonyl (C=O) groups is 2. The normalized spacial score (nSPS) is 37.5. The molecule has 4 atom stereocenters. The molecule has 1 saturated carbocycles. The lowest BCUT2D eigenvalue weighted by Gasteiger charge is -2.30. The predicted octanol–water partition coefficient (Wildman–Crippen LogP) is 1.03. The SMILES string of the molecule is O=C(O)C1C2C=CC(C2)C1C(=O)NN1CCCCC1. The number of hydrogen-bond acceptors (Lipinski definition) is 3. The summed E-state index contributed by atoms with van der Waals surface area (Å²) >= 11 is 0. The summed E-state index contributed by atoms with van der Waals surface area (Å²) in [6.45, 7) is 1.75. The second-order valence-corrected chi connectivity index (χ2v) is 5.86. The number of piperidine rings is 1. The highest BCUT2D eigenvalue weighted by molar-refractivity contribution is 5.86. The van der Waals surface area contributed by atoms with E-state index >= 15 is 0 Å². The van der Waals surface area contributed by atoms with Gasteiger partial charge in [0.25, 0.3) is 0 Å². The zero-order valence-corrected chi connectivity index (χ0v) is 10.9. The number of amides is 1. The summed E-state index contributed by atoms with van der Waals surface area (Å²) in [5, 5.41) is 11.3. The summed E-state index contributed by atoms with van der Waals surface area (Å²) in [6, 6.07) is 0. The van der Waals surface area contributed by atoms with Crippen LogP contribution in [-0.2, 0) is 9.59 Å². The number of hydrogen-bond donors (Lipinski definition) is 2. The van der Waals surface area contributed by atoms with E-state index in [4.69, 9.17) is 0 Å². The molecule has 2 aliphatic carbocycles. The minimum atomic E-state index is -0.837. The van der Waals surface area contributed by atoms with Crippen LogP contribution >= 0.6 is 0 Å². The molecule has 0 radical (unpaired) electrons. The van der Waals surface area contributed by atoms with Gasteiger partial charge in [0.2, 0.25) is 5.91 Å². The molecule has 0 aromatic rings. The Morgan fingerprint density at radius 1 is 1.05 bits per heavy atom. The fraction of sp³-hybridized carbons (Fsp3) is 0.714. The molecule has 104 valence electrons.